The number of aryl methyl sites for hydroxylation is 2. The van der Waals surface area contributed by atoms with Crippen LogP contribution < -0.4 is 10.7 Å². The largest absolute Gasteiger partial charge is 0.455 e. The molecule has 31 heavy (non-hydrogen) atoms. The van der Waals surface area contributed by atoms with Gasteiger partial charge in [-0.3, -0.25) is 4.79 Å². The van der Waals surface area contributed by atoms with Crippen molar-refractivity contribution in [2.75, 3.05) is 5.32 Å². The van der Waals surface area contributed by atoms with Crippen LogP contribution in [0.2, 0.25) is 5.15 Å². The third kappa shape index (κ3) is 4.06. The predicted octanol–water partition coefficient (Wildman–Crippen LogP) is 6.75. The first kappa shape index (κ1) is 21.1. The molecule has 0 spiro atoms. The van der Waals surface area contributed by atoms with Crippen molar-refractivity contribution in [2.45, 2.75) is 33.7 Å². The van der Waals surface area contributed by atoms with Gasteiger partial charge in [0.25, 0.3) is 0 Å². The number of hydrogen-bond donors (Lipinski definition) is 1. The van der Waals surface area contributed by atoms with Gasteiger partial charge in [-0.25, -0.2) is 9.37 Å². The van der Waals surface area contributed by atoms with Crippen molar-refractivity contribution in [3.8, 4) is 11.3 Å². The fourth-order valence-corrected chi connectivity index (χ4v) is 3.98. The maximum absolute atomic E-state index is 13.8. The van der Waals surface area contributed by atoms with E-state index in [1.54, 1.807) is 25.1 Å². The Morgan fingerprint density at radius 3 is 2.58 bits per heavy atom. The summed E-state index contributed by atoms with van der Waals surface area (Å²) in [5, 5.41) is 4.37. The van der Waals surface area contributed by atoms with E-state index in [0.29, 0.717) is 33.0 Å². The van der Waals surface area contributed by atoms with Gasteiger partial charge in [-0.2, -0.15) is 0 Å². The zero-order valence-electron chi connectivity index (χ0n) is 17.7. The van der Waals surface area contributed by atoms with Gasteiger partial charge in [-0.1, -0.05) is 29.8 Å². The van der Waals surface area contributed by atoms with Crippen LogP contribution in [-0.4, -0.2) is 4.98 Å². The summed E-state index contributed by atoms with van der Waals surface area (Å²) in [6.45, 7) is 7.52. The Hall–Kier alpha value is -3.18. The minimum absolute atomic E-state index is 0.123. The Kier molecular flexibility index (Phi) is 5.54. The number of aromatic nitrogens is 1. The molecular formula is C25H22ClFN2O2. The van der Waals surface area contributed by atoms with E-state index in [4.69, 9.17) is 16.0 Å². The van der Waals surface area contributed by atoms with E-state index in [1.165, 1.54) is 12.1 Å². The normalized spacial score (nSPS) is 12.2. The number of benzene rings is 2. The van der Waals surface area contributed by atoms with Gasteiger partial charge in [0, 0.05) is 16.7 Å². The Labute approximate surface area is 184 Å². The lowest BCUT2D eigenvalue weighted by atomic mass is 9.98. The summed E-state index contributed by atoms with van der Waals surface area (Å²) in [4.78, 5) is 17.5. The molecule has 0 saturated carbocycles. The number of nitrogens with one attached hydrogen (secondary N) is 1. The van der Waals surface area contributed by atoms with Gasteiger partial charge in [0.15, 0.2) is 5.43 Å². The van der Waals surface area contributed by atoms with E-state index >= 15 is 0 Å². The predicted molar refractivity (Wildman–Crippen MR) is 123 cm³/mol. The number of fused-ring (bicyclic) bond motifs is 1. The molecule has 0 aliphatic carbocycles. The Morgan fingerprint density at radius 2 is 1.87 bits per heavy atom. The van der Waals surface area contributed by atoms with Crippen LogP contribution in [0, 0.1) is 26.6 Å². The fourth-order valence-electron chi connectivity index (χ4n) is 3.79. The molecule has 0 aliphatic rings. The molecule has 1 unspecified atom stereocenters. The summed E-state index contributed by atoms with van der Waals surface area (Å²) >= 11 is 5.97. The summed E-state index contributed by atoms with van der Waals surface area (Å²) in [7, 11) is 0. The molecule has 0 radical (unpaired) electrons. The first-order chi connectivity index (χ1) is 14.7. The van der Waals surface area contributed by atoms with Crippen molar-refractivity contribution in [3.05, 3.63) is 92.1 Å². The number of nitrogens with zero attached hydrogens (tertiary/aromatic N) is 1. The average molecular weight is 437 g/mol. The lowest BCUT2D eigenvalue weighted by Gasteiger charge is -2.19. The molecule has 158 valence electrons. The third-order valence-electron chi connectivity index (χ3n) is 5.37. The summed E-state index contributed by atoms with van der Waals surface area (Å²) in [5.41, 5.74) is 4.74. The molecule has 0 aliphatic heterocycles. The molecule has 1 N–H and O–H groups in total. The van der Waals surface area contributed by atoms with Crippen LogP contribution in [0.15, 0.2) is 57.7 Å². The van der Waals surface area contributed by atoms with Crippen LogP contribution in [0.25, 0.3) is 22.3 Å². The Morgan fingerprint density at radius 1 is 1.10 bits per heavy atom. The molecular weight excluding hydrogens is 415 g/mol. The highest BCUT2D eigenvalue weighted by molar-refractivity contribution is 6.29. The molecule has 2 aromatic heterocycles. The van der Waals surface area contributed by atoms with Crippen molar-refractivity contribution >= 4 is 28.3 Å². The van der Waals surface area contributed by atoms with Gasteiger partial charge in [-0.05, 0) is 63.6 Å². The van der Waals surface area contributed by atoms with Gasteiger partial charge < -0.3 is 9.73 Å². The van der Waals surface area contributed by atoms with E-state index in [9.17, 15) is 9.18 Å². The van der Waals surface area contributed by atoms with Gasteiger partial charge in [0.2, 0.25) is 0 Å². The second kappa shape index (κ2) is 8.16. The molecule has 0 fully saturated rings. The summed E-state index contributed by atoms with van der Waals surface area (Å²) < 4.78 is 20.1. The van der Waals surface area contributed by atoms with E-state index in [0.717, 1.165) is 22.5 Å². The molecule has 6 heteroatoms. The van der Waals surface area contributed by atoms with Crippen molar-refractivity contribution in [1.29, 1.82) is 0 Å². The van der Waals surface area contributed by atoms with Gasteiger partial charge >= 0.3 is 0 Å². The molecule has 0 bridgehead atoms. The number of halogens is 2. The van der Waals surface area contributed by atoms with Crippen LogP contribution in [0.3, 0.4) is 0 Å². The van der Waals surface area contributed by atoms with Crippen molar-refractivity contribution in [2.24, 2.45) is 0 Å². The minimum atomic E-state index is -0.385. The first-order valence-electron chi connectivity index (χ1n) is 9.98. The molecule has 0 saturated heterocycles. The Balaban J connectivity index is 1.89. The third-order valence-corrected chi connectivity index (χ3v) is 5.58. The molecule has 1 atom stereocenters. The molecule has 4 aromatic rings. The average Bonchev–Trinajstić information content (AvgIpc) is 2.72. The SMILES string of the molecule is Cc1cc(C(C)Nc2ccc(Cl)nc2C)c2oc(-c3cccc(F)c3)c(C)c(=O)c2c1. The van der Waals surface area contributed by atoms with Crippen LogP contribution >= 0.6 is 11.6 Å². The summed E-state index contributed by atoms with van der Waals surface area (Å²) in [6.07, 6.45) is 0. The topological polar surface area (TPSA) is 55.1 Å². The molecule has 2 aromatic carbocycles. The maximum Gasteiger partial charge on any atom is 0.196 e. The molecule has 4 nitrogen and oxygen atoms in total. The van der Waals surface area contributed by atoms with E-state index in [-0.39, 0.29) is 17.3 Å². The highest BCUT2D eigenvalue weighted by Crippen LogP contribution is 2.32. The fraction of sp³-hybridized carbons (Fsp3) is 0.200. The number of pyridine rings is 1. The van der Waals surface area contributed by atoms with Crippen LogP contribution in [0.1, 0.15) is 35.3 Å². The number of anilines is 1. The monoisotopic (exact) mass is 436 g/mol. The van der Waals surface area contributed by atoms with Crippen molar-refractivity contribution in [3.63, 3.8) is 0 Å². The van der Waals surface area contributed by atoms with Gasteiger partial charge in [0.05, 0.1) is 22.8 Å². The zero-order chi connectivity index (χ0) is 22.3. The minimum Gasteiger partial charge on any atom is -0.455 e. The van der Waals surface area contributed by atoms with Crippen LogP contribution in [0.5, 0.6) is 0 Å². The Bertz CT molecular complexity index is 1360. The second-order valence-corrected chi connectivity index (χ2v) is 8.15. The van der Waals surface area contributed by atoms with Crippen molar-refractivity contribution in [1.82, 2.24) is 4.98 Å². The standard InChI is InChI=1S/C25H22ClFN2O2/c1-13-10-19(15(3)28-21-8-9-22(26)29-16(21)4)25-20(11-13)23(30)14(2)24(31-25)17-6-5-7-18(27)12-17/h5-12,15,28H,1-4H3. The van der Waals surface area contributed by atoms with Crippen molar-refractivity contribution < 1.29 is 8.81 Å². The molecule has 2 heterocycles. The van der Waals surface area contributed by atoms with E-state index in [1.807, 2.05) is 39.0 Å². The van der Waals surface area contributed by atoms with Gasteiger partial charge in [-0.15, -0.1) is 0 Å². The van der Waals surface area contributed by atoms with Gasteiger partial charge in [0.1, 0.15) is 22.3 Å². The summed E-state index contributed by atoms with van der Waals surface area (Å²) in [6, 6.07) is 13.3. The molecule has 4 rings (SSSR count). The lowest BCUT2D eigenvalue weighted by molar-refractivity contribution is 0.601. The number of rotatable bonds is 4. The first-order valence-corrected chi connectivity index (χ1v) is 10.4. The van der Waals surface area contributed by atoms with E-state index < -0.39 is 0 Å². The zero-order valence-corrected chi connectivity index (χ0v) is 18.5. The van der Waals surface area contributed by atoms with Crippen LogP contribution in [-0.2, 0) is 0 Å². The maximum atomic E-state index is 13.8. The second-order valence-electron chi connectivity index (χ2n) is 7.76. The van der Waals surface area contributed by atoms with Crippen LogP contribution in [0.4, 0.5) is 10.1 Å². The summed E-state index contributed by atoms with van der Waals surface area (Å²) in [5.74, 6) is -0.0110. The lowest BCUT2D eigenvalue weighted by Crippen LogP contribution is -2.13. The number of hydrogen-bond acceptors (Lipinski definition) is 4. The molecule has 0 amide bonds. The smallest absolute Gasteiger partial charge is 0.196 e. The highest BCUT2D eigenvalue weighted by Gasteiger charge is 2.19. The van der Waals surface area contributed by atoms with E-state index in [2.05, 4.69) is 10.3 Å². The highest BCUT2D eigenvalue weighted by atomic mass is 35.5. The quantitative estimate of drug-likeness (QED) is 0.359.